The standard InChI is InChI=1S/C12H19N3O4/c1-8(2)9(5-6-16)13-11(18)7-15-12(19)4-3-10(17)14-15/h3-4,8-9,16H,5-7H2,1-2H3,(H,13,18)(H,14,17). The molecule has 0 saturated carbocycles. The van der Waals surface area contributed by atoms with Crippen LogP contribution in [0.15, 0.2) is 21.7 Å². The van der Waals surface area contributed by atoms with Crippen molar-refractivity contribution in [1.29, 1.82) is 0 Å². The second-order valence-electron chi connectivity index (χ2n) is 4.66. The molecule has 1 unspecified atom stereocenters. The molecule has 1 aromatic rings. The Hall–Kier alpha value is -1.89. The van der Waals surface area contributed by atoms with Crippen LogP contribution < -0.4 is 16.4 Å². The van der Waals surface area contributed by atoms with E-state index in [4.69, 9.17) is 5.11 Å². The molecule has 106 valence electrons. The number of nitrogens with zero attached hydrogens (tertiary/aromatic N) is 1. The molecule has 1 aromatic heterocycles. The van der Waals surface area contributed by atoms with Crippen molar-refractivity contribution in [3.05, 3.63) is 32.8 Å². The molecular weight excluding hydrogens is 250 g/mol. The van der Waals surface area contributed by atoms with E-state index in [2.05, 4.69) is 10.4 Å². The van der Waals surface area contributed by atoms with Crippen LogP contribution in [0.2, 0.25) is 0 Å². The smallest absolute Gasteiger partial charge is 0.265 e. The largest absolute Gasteiger partial charge is 0.396 e. The monoisotopic (exact) mass is 269 g/mol. The van der Waals surface area contributed by atoms with Gasteiger partial charge in [0.25, 0.3) is 11.1 Å². The highest BCUT2D eigenvalue weighted by atomic mass is 16.3. The van der Waals surface area contributed by atoms with E-state index in [-0.39, 0.29) is 31.0 Å². The van der Waals surface area contributed by atoms with Crippen LogP contribution in [0.5, 0.6) is 0 Å². The molecule has 19 heavy (non-hydrogen) atoms. The predicted octanol–water partition coefficient (Wildman–Crippen LogP) is -0.940. The Labute approximate surface area is 110 Å². The van der Waals surface area contributed by atoms with Crippen molar-refractivity contribution in [2.45, 2.75) is 32.9 Å². The summed E-state index contributed by atoms with van der Waals surface area (Å²) < 4.78 is 0.952. The molecule has 1 heterocycles. The third-order valence-electron chi connectivity index (χ3n) is 2.78. The summed E-state index contributed by atoms with van der Waals surface area (Å²) in [5.74, 6) is -0.209. The number of aliphatic hydroxyl groups is 1. The van der Waals surface area contributed by atoms with E-state index in [1.165, 1.54) is 0 Å². The zero-order chi connectivity index (χ0) is 14.4. The number of hydrogen-bond donors (Lipinski definition) is 3. The molecule has 0 saturated heterocycles. The Morgan fingerprint density at radius 2 is 2.11 bits per heavy atom. The van der Waals surface area contributed by atoms with Crippen LogP contribution in [-0.4, -0.2) is 33.4 Å². The number of rotatable bonds is 6. The van der Waals surface area contributed by atoms with Gasteiger partial charge in [-0.15, -0.1) is 0 Å². The summed E-state index contributed by atoms with van der Waals surface area (Å²) in [4.78, 5) is 34.3. The first-order chi connectivity index (χ1) is 8.93. The fourth-order valence-corrected chi connectivity index (χ4v) is 1.69. The van der Waals surface area contributed by atoms with Gasteiger partial charge < -0.3 is 10.4 Å². The first-order valence-corrected chi connectivity index (χ1v) is 6.14. The van der Waals surface area contributed by atoms with Gasteiger partial charge in [-0.1, -0.05) is 13.8 Å². The number of aromatic amines is 1. The third kappa shape index (κ3) is 4.70. The molecule has 0 radical (unpaired) electrons. The van der Waals surface area contributed by atoms with Crippen molar-refractivity contribution in [2.24, 2.45) is 5.92 Å². The molecule has 3 N–H and O–H groups in total. The zero-order valence-corrected chi connectivity index (χ0v) is 11.0. The van der Waals surface area contributed by atoms with Crippen LogP contribution in [0, 0.1) is 5.92 Å². The molecule has 0 fully saturated rings. The van der Waals surface area contributed by atoms with Gasteiger partial charge in [-0.25, -0.2) is 4.68 Å². The second kappa shape index (κ2) is 6.89. The van der Waals surface area contributed by atoms with E-state index in [1.807, 2.05) is 13.8 Å². The summed E-state index contributed by atoms with van der Waals surface area (Å²) in [5.41, 5.74) is -0.888. The number of nitrogens with one attached hydrogen (secondary N) is 2. The fourth-order valence-electron chi connectivity index (χ4n) is 1.69. The number of carbonyl (C=O) groups excluding carboxylic acids is 1. The van der Waals surface area contributed by atoms with E-state index in [0.29, 0.717) is 6.42 Å². The highest BCUT2D eigenvalue weighted by molar-refractivity contribution is 5.75. The molecule has 7 heteroatoms. The van der Waals surface area contributed by atoms with Gasteiger partial charge in [0.15, 0.2) is 0 Å². The number of aromatic nitrogens is 2. The number of H-pyrrole nitrogens is 1. The van der Waals surface area contributed by atoms with Gasteiger partial charge in [0.2, 0.25) is 5.91 Å². The quantitative estimate of drug-likeness (QED) is 0.620. The summed E-state index contributed by atoms with van der Waals surface area (Å²) in [5, 5.41) is 13.9. The SMILES string of the molecule is CC(C)C(CCO)NC(=O)Cn1[nH]c(=O)ccc1=O. The lowest BCUT2D eigenvalue weighted by atomic mass is 10.0. The Morgan fingerprint density at radius 3 is 2.68 bits per heavy atom. The van der Waals surface area contributed by atoms with Gasteiger partial charge in [0.05, 0.1) is 0 Å². The topological polar surface area (TPSA) is 104 Å². The Morgan fingerprint density at radius 1 is 1.42 bits per heavy atom. The summed E-state index contributed by atoms with van der Waals surface area (Å²) >= 11 is 0. The van der Waals surface area contributed by atoms with Crippen LogP contribution in [0.3, 0.4) is 0 Å². The first-order valence-electron chi connectivity index (χ1n) is 6.14. The number of carbonyl (C=O) groups is 1. The zero-order valence-electron chi connectivity index (χ0n) is 11.0. The maximum absolute atomic E-state index is 11.8. The molecular formula is C12H19N3O4. The van der Waals surface area contributed by atoms with Crippen molar-refractivity contribution in [3.63, 3.8) is 0 Å². The van der Waals surface area contributed by atoms with Gasteiger partial charge in [-0.2, -0.15) is 0 Å². The second-order valence-corrected chi connectivity index (χ2v) is 4.66. The van der Waals surface area contributed by atoms with Crippen molar-refractivity contribution in [1.82, 2.24) is 15.1 Å². The Kier molecular flexibility index (Phi) is 5.50. The van der Waals surface area contributed by atoms with E-state index in [0.717, 1.165) is 16.8 Å². The molecule has 1 atom stereocenters. The molecule has 1 amide bonds. The highest BCUT2D eigenvalue weighted by Crippen LogP contribution is 2.05. The van der Waals surface area contributed by atoms with Crippen molar-refractivity contribution < 1.29 is 9.90 Å². The van der Waals surface area contributed by atoms with E-state index < -0.39 is 11.1 Å². The number of amides is 1. The van der Waals surface area contributed by atoms with Crippen molar-refractivity contribution >= 4 is 5.91 Å². The lowest BCUT2D eigenvalue weighted by molar-refractivity contribution is -0.123. The molecule has 0 spiro atoms. The van der Waals surface area contributed by atoms with Crippen LogP contribution in [0.25, 0.3) is 0 Å². The van der Waals surface area contributed by atoms with Crippen LogP contribution in [0.1, 0.15) is 20.3 Å². The Bertz CT molecular complexity index is 532. The van der Waals surface area contributed by atoms with E-state index in [9.17, 15) is 14.4 Å². The number of hydrogen-bond acceptors (Lipinski definition) is 4. The molecule has 1 rings (SSSR count). The van der Waals surface area contributed by atoms with Gasteiger partial charge in [-0.3, -0.25) is 19.5 Å². The first kappa shape index (κ1) is 15.2. The maximum atomic E-state index is 11.8. The maximum Gasteiger partial charge on any atom is 0.265 e. The van der Waals surface area contributed by atoms with Crippen LogP contribution >= 0.6 is 0 Å². The lowest BCUT2D eigenvalue weighted by Gasteiger charge is -2.21. The highest BCUT2D eigenvalue weighted by Gasteiger charge is 2.16. The minimum atomic E-state index is -0.446. The van der Waals surface area contributed by atoms with Crippen molar-refractivity contribution in [2.75, 3.05) is 6.61 Å². The summed E-state index contributed by atoms with van der Waals surface area (Å²) in [6.07, 6.45) is 0.448. The Balaban J connectivity index is 2.71. The molecule has 0 aromatic carbocycles. The lowest BCUT2D eigenvalue weighted by Crippen LogP contribution is -2.43. The van der Waals surface area contributed by atoms with Gasteiger partial charge >= 0.3 is 0 Å². The van der Waals surface area contributed by atoms with E-state index in [1.54, 1.807) is 0 Å². The molecule has 0 aliphatic heterocycles. The average Bonchev–Trinajstić information content (AvgIpc) is 2.33. The normalized spacial score (nSPS) is 12.4. The third-order valence-corrected chi connectivity index (χ3v) is 2.78. The molecule has 0 bridgehead atoms. The van der Waals surface area contributed by atoms with Crippen LogP contribution in [-0.2, 0) is 11.3 Å². The average molecular weight is 269 g/mol. The van der Waals surface area contributed by atoms with Crippen molar-refractivity contribution in [3.8, 4) is 0 Å². The summed E-state index contributed by atoms with van der Waals surface area (Å²) in [7, 11) is 0. The molecule has 0 aliphatic carbocycles. The number of aliphatic hydroxyl groups excluding tert-OH is 1. The fraction of sp³-hybridized carbons (Fsp3) is 0.583. The van der Waals surface area contributed by atoms with Gasteiger partial charge in [0.1, 0.15) is 6.54 Å². The van der Waals surface area contributed by atoms with Gasteiger partial charge in [-0.05, 0) is 12.3 Å². The molecule has 0 aliphatic rings. The van der Waals surface area contributed by atoms with Crippen LogP contribution in [0.4, 0.5) is 0 Å². The minimum Gasteiger partial charge on any atom is -0.396 e. The van der Waals surface area contributed by atoms with E-state index >= 15 is 0 Å². The molecule has 7 nitrogen and oxygen atoms in total. The van der Waals surface area contributed by atoms with Gasteiger partial charge in [0, 0.05) is 24.8 Å². The predicted molar refractivity (Wildman–Crippen MR) is 69.8 cm³/mol. The summed E-state index contributed by atoms with van der Waals surface area (Å²) in [6.45, 7) is 3.59. The minimum absolute atomic E-state index is 0.0226. The summed E-state index contributed by atoms with van der Waals surface area (Å²) in [6, 6.07) is 2.06.